The van der Waals surface area contributed by atoms with E-state index in [4.69, 9.17) is 4.74 Å². The highest BCUT2D eigenvalue weighted by molar-refractivity contribution is 9.10. The first-order valence-corrected chi connectivity index (χ1v) is 7.76. The minimum Gasteiger partial charge on any atom is -0.464 e. The maximum absolute atomic E-state index is 11.9. The van der Waals surface area contributed by atoms with E-state index in [9.17, 15) is 9.59 Å². The van der Waals surface area contributed by atoms with E-state index >= 15 is 0 Å². The van der Waals surface area contributed by atoms with Crippen LogP contribution in [0.25, 0.3) is 6.08 Å². The van der Waals surface area contributed by atoms with Crippen molar-refractivity contribution in [3.05, 3.63) is 70.1 Å². The number of aromatic nitrogens is 1. The normalized spacial score (nSPS) is 10.8. The molecule has 1 amide bonds. The Kier molecular flexibility index (Phi) is 6.51. The summed E-state index contributed by atoms with van der Waals surface area (Å²) in [6.07, 6.45) is 3.87. The van der Waals surface area contributed by atoms with Gasteiger partial charge in [0.1, 0.15) is 12.3 Å². The number of carbonyl (C=O) groups excluding carboxylic acids is 2. The molecule has 2 rings (SSSR count). The third kappa shape index (κ3) is 5.20. The lowest BCUT2D eigenvalue weighted by atomic mass is 10.2. The van der Waals surface area contributed by atoms with Crippen LogP contribution in [0, 0.1) is 0 Å². The summed E-state index contributed by atoms with van der Waals surface area (Å²) in [5, 5.41) is 2.40. The maximum Gasteiger partial charge on any atom is 0.412 e. The van der Waals surface area contributed by atoms with Gasteiger partial charge in [0.25, 0.3) is 0 Å². The van der Waals surface area contributed by atoms with Gasteiger partial charge in [0.05, 0.1) is 7.11 Å². The Labute approximate surface area is 147 Å². The Hall–Kier alpha value is -2.67. The Morgan fingerprint density at radius 1 is 1.25 bits per heavy atom. The number of ether oxygens (including phenoxy) is 2. The standard InChI is InChI=1S/C17H15BrN2O4/c1-23-16(21)15(9-13-7-8-19-10-14(13)18)20-17(22)24-11-12-5-3-2-4-6-12/h2-10H,11H2,1H3,(H,20,22)/b15-9-. The molecule has 0 unspecified atom stereocenters. The Morgan fingerprint density at radius 2 is 2.00 bits per heavy atom. The van der Waals surface area contributed by atoms with Gasteiger partial charge < -0.3 is 9.47 Å². The Bertz CT molecular complexity index is 747. The van der Waals surface area contributed by atoms with Gasteiger partial charge in [0.15, 0.2) is 0 Å². The average Bonchev–Trinajstić information content (AvgIpc) is 2.61. The zero-order chi connectivity index (χ0) is 17.4. The van der Waals surface area contributed by atoms with Gasteiger partial charge in [-0.05, 0) is 39.2 Å². The van der Waals surface area contributed by atoms with Crippen molar-refractivity contribution < 1.29 is 19.1 Å². The second kappa shape index (κ2) is 8.83. The van der Waals surface area contributed by atoms with Crippen LogP contribution in [0.5, 0.6) is 0 Å². The lowest BCUT2D eigenvalue weighted by molar-refractivity contribution is -0.136. The van der Waals surface area contributed by atoms with Crippen LogP contribution in [0.1, 0.15) is 11.1 Å². The van der Waals surface area contributed by atoms with Crippen molar-refractivity contribution in [2.75, 3.05) is 7.11 Å². The summed E-state index contributed by atoms with van der Waals surface area (Å²) in [6.45, 7) is 0.0973. The van der Waals surface area contributed by atoms with Crippen LogP contribution in [0.2, 0.25) is 0 Å². The molecule has 1 aromatic carbocycles. The smallest absolute Gasteiger partial charge is 0.412 e. The summed E-state index contributed by atoms with van der Waals surface area (Å²) in [5.74, 6) is -0.685. The fourth-order valence-electron chi connectivity index (χ4n) is 1.78. The number of hydrogen-bond donors (Lipinski definition) is 1. The highest BCUT2D eigenvalue weighted by Crippen LogP contribution is 2.17. The lowest BCUT2D eigenvalue weighted by Crippen LogP contribution is -2.28. The third-order valence-electron chi connectivity index (χ3n) is 2.96. The lowest BCUT2D eigenvalue weighted by Gasteiger charge is -2.09. The number of esters is 1. The van der Waals surface area contributed by atoms with E-state index < -0.39 is 12.1 Å². The van der Waals surface area contributed by atoms with Gasteiger partial charge in [-0.3, -0.25) is 10.3 Å². The van der Waals surface area contributed by atoms with Crippen LogP contribution in [0.4, 0.5) is 4.79 Å². The van der Waals surface area contributed by atoms with E-state index in [-0.39, 0.29) is 12.3 Å². The monoisotopic (exact) mass is 390 g/mol. The average molecular weight is 391 g/mol. The second-order valence-corrected chi connectivity index (χ2v) is 5.49. The predicted molar refractivity (Wildman–Crippen MR) is 91.7 cm³/mol. The molecule has 0 aliphatic heterocycles. The van der Waals surface area contributed by atoms with Crippen molar-refractivity contribution in [1.29, 1.82) is 0 Å². The van der Waals surface area contributed by atoms with Gasteiger partial charge in [0.2, 0.25) is 0 Å². The van der Waals surface area contributed by atoms with Gasteiger partial charge >= 0.3 is 12.1 Å². The van der Waals surface area contributed by atoms with E-state index in [0.29, 0.717) is 10.0 Å². The van der Waals surface area contributed by atoms with Gasteiger partial charge in [0, 0.05) is 16.9 Å². The summed E-state index contributed by atoms with van der Waals surface area (Å²) in [5.41, 5.74) is 1.46. The molecule has 24 heavy (non-hydrogen) atoms. The van der Waals surface area contributed by atoms with Crippen LogP contribution in [0.15, 0.2) is 59.0 Å². The van der Waals surface area contributed by atoms with Gasteiger partial charge in [-0.1, -0.05) is 30.3 Å². The molecule has 7 heteroatoms. The molecule has 0 aliphatic carbocycles. The van der Waals surface area contributed by atoms with Crippen molar-refractivity contribution in [1.82, 2.24) is 10.3 Å². The molecule has 1 N–H and O–H groups in total. The Morgan fingerprint density at radius 3 is 2.67 bits per heavy atom. The number of nitrogens with one attached hydrogen (secondary N) is 1. The number of alkyl carbamates (subject to hydrolysis) is 1. The molecule has 0 saturated carbocycles. The summed E-state index contributed by atoms with van der Waals surface area (Å²) in [7, 11) is 1.23. The zero-order valence-electron chi connectivity index (χ0n) is 12.9. The fourth-order valence-corrected chi connectivity index (χ4v) is 2.15. The summed E-state index contributed by atoms with van der Waals surface area (Å²) in [6, 6.07) is 10.9. The first kappa shape index (κ1) is 17.7. The fraction of sp³-hybridized carbons (Fsp3) is 0.118. The van der Waals surface area contributed by atoms with Crippen LogP contribution < -0.4 is 5.32 Å². The van der Waals surface area contributed by atoms with E-state index in [1.807, 2.05) is 30.3 Å². The quantitative estimate of drug-likeness (QED) is 0.625. The molecular formula is C17H15BrN2O4. The first-order chi connectivity index (χ1) is 11.6. The SMILES string of the molecule is COC(=O)/C(=C/c1ccncc1Br)NC(=O)OCc1ccccc1. The van der Waals surface area contributed by atoms with E-state index in [1.165, 1.54) is 13.2 Å². The van der Waals surface area contributed by atoms with Crippen LogP contribution >= 0.6 is 15.9 Å². The first-order valence-electron chi connectivity index (χ1n) is 6.97. The van der Waals surface area contributed by atoms with E-state index in [0.717, 1.165) is 5.56 Å². The van der Waals surface area contributed by atoms with Crippen molar-refractivity contribution in [2.24, 2.45) is 0 Å². The molecule has 6 nitrogen and oxygen atoms in total. The number of amides is 1. The molecule has 0 fully saturated rings. The number of nitrogens with zero attached hydrogens (tertiary/aromatic N) is 1. The van der Waals surface area contributed by atoms with Gasteiger partial charge in [-0.15, -0.1) is 0 Å². The molecule has 0 spiro atoms. The van der Waals surface area contributed by atoms with E-state index in [2.05, 4.69) is 31.0 Å². The number of rotatable bonds is 5. The Balaban J connectivity index is 2.07. The van der Waals surface area contributed by atoms with Crippen molar-refractivity contribution in [2.45, 2.75) is 6.61 Å². The molecule has 0 saturated heterocycles. The van der Waals surface area contributed by atoms with Gasteiger partial charge in [-0.25, -0.2) is 9.59 Å². The molecule has 0 atom stereocenters. The summed E-state index contributed by atoms with van der Waals surface area (Å²) >= 11 is 3.32. The number of hydrogen-bond acceptors (Lipinski definition) is 5. The van der Waals surface area contributed by atoms with Crippen molar-refractivity contribution >= 4 is 34.1 Å². The number of methoxy groups -OCH3 is 1. The number of pyridine rings is 1. The predicted octanol–water partition coefficient (Wildman–Crippen LogP) is 3.28. The molecule has 124 valence electrons. The zero-order valence-corrected chi connectivity index (χ0v) is 14.4. The summed E-state index contributed by atoms with van der Waals surface area (Å²) in [4.78, 5) is 27.7. The molecule has 0 aliphatic rings. The third-order valence-corrected chi connectivity index (χ3v) is 3.62. The molecule has 2 aromatic rings. The minimum atomic E-state index is -0.749. The van der Waals surface area contributed by atoms with Crippen LogP contribution in [-0.4, -0.2) is 24.2 Å². The molecule has 0 radical (unpaired) electrons. The van der Waals surface area contributed by atoms with E-state index in [1.54, 1.807) is 18.5 Å². The van der Waals surface area contributed by atoms with Crippen LogP contribution in [-0.2, 0) is 20.9 Å². The molecular weight excluding hydrogens is 376 g/mol. The topological polar surface area (TPSA) is 77.5 Å². The molecule has 1 heterocycles. The number of benzene rings is 1. The number of halogens is 1. The van der Waals surface area contributed by atoms with Crippen molar-refractivity contribution in [3.63, 3.8) is 0 Å². The highest BCUT2D eigenvalue weighted by Gasteiger charge is 2.15. The molecule has 0 bridgehead atoms. The van der Waals surface area contributed by atoms with Gasteiger partial charge in [-0.2, -0.15) is 0 Å². The maximum atomic E-state index is 11.9. The largest absolute Gasteiger partial charge is 0.464 e. The second-order valence-electron chi connectivity index (χ2n) is 4.63. The minimum absolute atomic E-state index is 0.0394. The van der Waals surface area contributed by atoms with Crippen molar-refractivity contribution in [3.8, 4) is 0 Å². The van der Waals surface area contributed by atoms with Crippen LogP contribution in [0.3, 0.4) is 0 Å². The number of carbonyl (C=O) groups is 2. The summed E-state index contributed by atoms with van der Waals surface area (Å²) < 4.78 is 10.5. The highest BCUT2D eigenvalue weighted by atomic mass is 79.9. The molecule has 1 aromatic heterocycles.